The van der Waals surface area contributed by atoms with Gasteiger partial charge in [0.15, 0.2) is 0 Å². The molecule has 1 aromatic heterocycles. The predicted molar refractivity (Wildman–Crippen MR) is 84.1 cm³/mol. The molecule has 7 nitrogen and oxygen atoms in total. The molecule has 2 aromatic rings. The zero-order valence-electron chi connectivity index (χ0n) is 12.3. The summed E-state index contributed by atoms with van der Waals surface area (Å²) in [6.45, 7) is -0.0179. The highest BCUT2D eigenvalue weighted by Gasteiger charge is 2.12. The van der Waals surface area contributed by atoms with Crippen molar-refractivity contribution < 1.29 is 18.3 Å². The zero-order valence-corrected chi connectivity index (χ0v) is 13.1. The maximum atomic E-state index is 11.9. The van der Waals surface area contributed by atoms with Crippen LogP contribution in [0.25, 0.3) is 0 Å². The van der Waals surface area contributed by atoms with Crippen LogP contribution in [-0.2, 0) is 16.6 Å². The van der Waals surface area contributed by atoms with Crippen molar-refractivity contribution in [3.05, 3.63) is 59.9 Å². The quantitative estimate of drug-likeness (QED) is 0.673. The van der Waals surface area contributed by atoms with Gasteiger partial charge in [-0.2, -0.15) is 0 Å². The fourth-order valence-corrected chi connectivity index (χ4v) is 2.86. The summed E-state index contributed by atoms with van der Waals surface area (Å²) in [5, 5.41) is 11.4. The fourth-order valence-electron chi connectivity index (χ4n) is 1.84. The molecule has 0 saturated carbocycles. The third kappa shape index (κ3) is 4.85. The Hall–Kier alpha value is -2.29. The standard InChI is InChI=1S/C15H17N3O4S/c19-10-9-18-23(21,22)14-3-1-12(2-4-14)11-17-15(20)13-5-7-16-8-6-13/h1-8,18-19H,9-11H2,(H,17,20). The Labute approximate surface area is 134 Å². The van der Waals surface area contributed by atoms with E-state index in [9.17, 15) is 13.2 Å². The van der Waals surface area contributed by atoms with Crippen LogP contribution in [0.2, 0.25) is 0 Å². The highest BCUT2D eigenvalue weighted by molar-refractivity contribution is 7.89. The van der Waals surface area contributed by atoms with Crippen LogP contribution in [0.1, 0.15) is 15.9 Å². The van der Waals surface area contributed by atoms with Crippen LogP contribution in [-0.4, -0.2) is 37.6 Å². The summed E-state index contributed by atoms with van der Waals surface area (Å²) in [6.07, 6.45) is 3.07. The number of nitrogens with zero attached hydrogens (tertiary/aromatic N) is 1. The predicted octanol–water partition coefficient (Wildman–Crippen LogP) is 0.282. The number of sulfonamides is 1. The van der Waals surface area contributed by atoms with Crippen LogP contribution in [0.4, 0.5) is 0 Å². The van der Waals surface area contributed by atoms with Crippen molar-refractivity contribution in [1.29, 1.82) is 0 Å². The van der Waals surface area contributed by atoms with Crippen molar-refractivity contribution in [2.24, 2.45) is 0 Å². The lowest BCUT2D eigenvalue weighted by Crippen LogP contribution is -2.26. The molecule has 0 atom stereocenters. The van der Waals surface area contributed by atoms with E-state index >= 15 is 0 Å². The number of aromatic nitrogens is 1. The van der Waals surface area contributed by atoms with Gasteiger partial charge in [-0.1, -0.05) is 12.1 Å². The number of carbonyl (C=O) groups excluding carboxylic acids is 1. The molecule has 0 fully saturated rings. The van der Waals surface area contributed by atoms with Crippen molar-refractivity contribution in [3.8, 4) is 0 Å². The molecule has 0 saturated heterocycles. The second-order valence-corrected chi connectivity index (χ2v) is 6.45. The minimum absolute atomic E-state index is 0.0356. The maximum absolute atomic E-state index is 11.9. The van der Waals surface area contributed by atoms with E-state index in [4.69, 9.17) is 5.11 Å². The Morgan fingerprint density at radius 1 is 1.09 bits per heavy atom. The molecule has 0 radical (unpaired) electrons. The Bertz CT molecular complexity index is 746. The van der Waals surface area contributed by atoms with Crippen molar-refractivity contribution in [2.75, 3.05) is 13.2 Å². The molecule has 0 aliphatic heterocycles. The molecule has 3 N–H and O–H groups in total. The second-order valence-electron chi connectivity index (χ2n) is 4.68. The minimum atomic E-state index is -3.62. The molecule has 23 heavy (non-hydrogen) atoms. The van der Waals surface area contributed by atoms with Gasteiger partial charge in [-0.05, 0) is 29.8 Å². The van der Waals surface area contributed by atoms with Gasteiger partial charge in [-0.15, -0.1) is 0 Å². The number of aliphatic hydroxyl groups excluding tert-OH is 1. The molecular formula is C15H17N3O4S. The number of amides is 1. The zero-order chi connectivity index (χ0) is 16.7. The first kappa shape index (κ1) is 17.1. The minimum Gasteiger partial charge on any atom is -0.395 e. The smallest absolute Gasteiger partial charge is 0.251 e. The lowest BCUT2D eigenvalue weighted by Gasteiger charge is -2.08. The number of hydrogen-bond donors (Lipinski definition) is 3. The van der Waals surface area contributed by atoms with Gasteiger partial charge in [-0.3, -0.25) is 9.78 Å². The Morgan fingerprint density at radius 3 is 2.35 bits per heavy atom. The molecular weight excluding hydrogens is 318 g/mol. The molecule has 1 aromatic carbocycles. The van der Waals surface area contributed by atoms with Crippen molar-refractivity contribution in [1.82, 2.24) is 15.0 Å². The molecule has 8 heteroatoms. The van der Waals surface area contributed by atoms with Gasteiger partial charge in [-0.25, -0.2) is 13.1 Å². The van der Waals surface area contributed by atoms with Crippen molar-refractivity contribution in [3.63, 3.8) is 0 Å². The van der Waals surface area contributed by atoms with Crippen molar-refractivity contribution in [2.45, 2.75) is 11.4 Å². The third-order valence-corrected chi connectivity index (χ3v) is 4.51. The summed E-state index contributed by atoms with van der Waals surface area (Å²) in [5.74, 6) is -0.228. The molecule has 1 amide bonds. The lowest BCUT2D eigenvalue weighted by molar-refractivity contribution is 0.0950. The number of pyridine rings is 1. The van der Waals surface area contributed by atoms with Gasteiger partial charge < -0.3 is 10.4 Å². The summed E-state index contributed by atoms with van der Waals surface area (Å²) < 4.78 is 26.0. The summed E-state index contributed by atoms with van der Waals surface area (Å²) >= 11 is 0. The van der Waals surface area contributed by atoms with E-state index in [-0.39, 0.29) is 30.5 Å². The highest BCUT2D eigenvalue weighted by atomic mass is 32.2. The van der Waals surface area contributed by atoms with Gasteiger partial charge >= 0.3 is 0 Å². The highest BCUT2D eigenvalue weighted by Crippen LogP contribution is 2.10. The van der Waals surface area contributed by atoms with E-state index < -0.39 is 10.0 Å². The van der Waals surface area contributed by atoms with E-state index in [1.807, 2.05) is 0 Å². The van der Waals surface area contributed by atoms with E-state index in [0.717, 1.165) is 5.56 Å². The molecule has 0 unspecified atom stereocenters. The van der Waals surface area contributed by atoms with Gasteiger partial charge in [0.2, 0.25) is 10.0 Å². The number of rotatable bonds is 7. The van der Waals surface area contributed by atoms with Gasteiger partial charge in [0.05, 0.1) is 11.5 Å². The van der Waals surface area contributed by atoms with E-state index in [1.54, 1.807) is 24.3 Å². The fraction of sp³-hybridized carbons (Fsp3) is 0.200. The molecule has 122 valence electrons. The molecule has 0 aliphatic rings. The van der Waals surface area contributed by atoms with Crippen LogP contribution in [0.5, 0.6) is 0 Å². The van der Waals surface area contributed by atoms with Crippen LogP contribution in [0, 0.1) is 0 Å². The number of nitrogens with one attached hydrogen (secondary N) is 2. The average Bonchev–Trinajstić information content (AvgIpc) is 2.59. The van der Waals surface area contributed by atoms with E-state index in [0.29, 0.717) is 5.56 Å². The van der Waals surface area contributed by atoms with Crippen LogP contribution >= 0.6 is 0 Å². The van der Waals surface area contributed by atoms with Gasteiger partial charge in [0.1, 0.15) is 0 Å². The topological polar surface area (TPSA) is 108 Å². The first-order chi connectivity index (χ1) is 11.0. The largest absolute Gasteiger partial charge is 0.395 e. The SMILES string of the molecule is O=C(NCc1ccc(S(=O)(=O)NCCO)cc1)c1ccncc1. The molecule has 0 aliphatic carbocycles. The summed E-state index contributed by atoms with van der Waals surface area (Å²) in [6, 6.07) is 9.37. The normalized spacial score (nSPS) is 11.2. The summed E-state index contributed by atoms with van der Waals surface area (Å²) in [7, 11) is -3.62. The Morgan fingerprint density at radius 2 is 1.74 bits per heavy atom. The molecule has 2 rings (SSSR count). The maximum Gasteiger partial charge on any atom is 0.251 e. The number of carbonyl (C=O) groups is 1. The third-order valence-electron chi connectivity index (χ3n) is 3.03. The number of aliphatic hydroxyl groups is 1. The average molecular weight is 335 g/mol. The Kier molecular flexibility index (Phi) is 5.80. The molecule has 1 heterocycles. The summed E-state index contributed by atoms with van der Waals surface area (Å²) in [4.78, 5) is 15.8. The van der Waals surface area contributed by atoms with E-state index in [2.05, 4.69) is 15.0 Å². The number of benzene rings is 1. The Balaban J connectivity index is 1.97. The first-order valence-electron chi connectivity index (χ1n) is 6.90. The van der Waals surface area contributed by atoms with Gasteiger partial charge in [0.25, 0.3) is 5.91 Å². The monoisotopic (exact) mass is 335 g/mol. The van der Waals surface area contributed by atoms with E-state index in [1.165, 1.54) is 24.5 Å². The van der Waals surface area contributed by atoms with Gasteiger partial charge in [0, 0.05) is 31.0 Å². The van der Waals surface area contributed by atoms with Crippen LogP contribution < -0.4 is 10.0 Å². The summed E-state index contributed by atoms with van der Waals surface area (Å²) in [5.41, 5.74) is 1.28. The van der Waals surface area contributed by atoms with Crippen LogP contribution in [0.3, 0.4) is 0 Å². The van der Waals surface area contributed by atoms with Crippen LogP contribution in [0.15, 0.2) is 53.7 Å². The first-order valence-corrected chi connectivity index (χ1v) is 8.39. The molecule has 0 spiro atoms. The number of hydrogen-bond acceptors (Lipinski definition) is 5. The lowest BCUT2D eigenvalue weighted by atomic mass is 10.2. The second kappa shape index (κ2) is 7.82. The van der Waals surface area contributed by atoms with Crippen molar-refractivity contribution >= 4 is 15.9 Å². The molecule has 0 bridgehead atoms.